The fraction of sp³-hybridized carbons (Fsp3) is 0.368. The first kappa shape index (κ1) is 16.5. The molecule has 0 atom stereocenters. The summed E-state index contributed by atoms with van der Waals surface area (Å²) in [5.74, 6) is 1.75. The number of para-hydroxylation sites is 1. The van der Waals surface area contributed by atoms with E-state index in [1.54, 1.807) is 0 Å². The summed E-state index contributed by atoms with van der Waals surface area (Å²) in [5, 5.41) is 1.10. The van der Waals surface area contributed by atoms with Gasteiger partial charge in [-0.2, -0.15) is 0 Å². The van der Waals surface area contributed by atoms with Crippen LogP contribution in [0.15, 0.2) is 30.5 Å². The second kappa shape index (κ2) is 7.01. The Kier molecular flexibility index (Phi) is 4.81. The molecule has 0 aliphatic rings. The lowest BCUT2D eigenvalue weighted by Crippen LogP contribution is -2.07. The molecule has 126 valence electrons. The van der Waals surface area contributed by atoms with E-state index >= 15 is 0 Å². The van der Waals surface area contributed by atoms with Crippen LogP contribution in [0.4, 0.5) is 0 Å². The zero-order valence-corrected chi connectivity index (χ0v) is 14.7. The molecule has 24 heavy (non-hydrogen) atoms. The third-order valence-electron chi connectivity index (χ3n) is 4.18. The van der Waals surface area contributed by atoms with E-state index < -0.39 is 0 Å². The number of rotatable bonds is 6. The number of aromatic nitrogens is 3. The normalized spacial score (nSPS) is 11.2. The second-order valence-corrected chi connectivity index (χ2v) is 5.77. The number of ether oxygens (including phenoxy) is 2. The van der Waals surface area contributed by atoms with Gasteiger partial charge in [-0.25, -0.2) is 9.97 Å². The van der Waals surface area contributed by atoms with Crippen LogP contribution in [-0.4, -0.2) is 34.4 Å². The molecule has 0 N–H and O–H groups in total. The van der Waals surface area contributed by atoms with E-state index in [-0.39, 0.29) is 0 Å². The first-order valence-corrected chi connectivity index (χ1v) is 8.21. The Morgan fingerprint density at radius 3 is 2.71 bits per heavy atom. The van der Waals surface area contributed by atoms with Gasteiger partial charge in [0.15, 0.2) is 0 Å². The van der Waals surface area contributed by atoms with Gasteiger partial charge in [0.2, 0.25) is 0 Å². The maximum Gasteiger partial charge on any atom is 0.145 e. The zero-order chi connectivity index (χ0) is 17.1. The van der Waals surface area contributed by atoms with Gasteiger partial charge in [0.05, 0.1) is 24.2 Å². The Labute approximate surface area is 142 Å². The number of imidazole rings is 1. The highest BCUT2D eigenvalue weighted by molar-refractivity contribution is 5.89. The molecule has 0 aliphatic heterocycles. The standard InChI is InChI=1S/C19H23N3O2/c1-5-23-9-10-24-18-8-6-7-15-13(2)11-16(21-19(15)18)17-12-20-14(3)22(17)4/h6-8,11-12H,5,9-10H2,1-4H3. The number of benzene rings is 1. The molecule has 0 saturated heterocycles. The van der Waals surface area contributed by atoms with Crippen molar-refractivity contribution in [2.45, 2.75) is 20.8 Å². The van der Waals surface area contributed by atoms with Crippen molar-refractivity contribution in [2.75, 3.05) is 19.8 Å². The van der Waals surface area contributed by atoms with Crippen molar-refractivity contribution in [1.29, 1.82) is 0 Å². The quantitative estimate of drug-likeness (QED) is 0.649. The molecule has 2 heterocycles. The zero-order valence-electron chi connectivity index (χ0n) is 14.7. The van der Waals surface area contributed by atoms with Crippen LogP contribution in [0.2, 0.25) is 0 Å². The summed E-state index contributed by atoms with van der Waals surface area (Å²) in [6.07, 6.45) is 1.86. The van der Waals surface area contributed by atoms with Gasteiger partial charge in [0, 0.05) is 19.0 Å². The van der Waals surface area contributed by atoms with Crippen molar-refractivity contribution in [3.8, 4) is 17.1 Å². The fourth-order valence-electron chi connectivity index (χ4n) is 2.73. The Balaban J connectivity index is 2.03. The average Bonchev–Trinajstić information content (AvgIpc) is 2.91. The van der Waals surface area contributed by atoms with Gasteiger partial charge >= 0.3 is 0 Å². The number of pyridine rings is 1. The highest BCUT2D eigenvalue weighted by Crippen LogP contribution is 2.30. The monoisotopic (exact) mass is 325 g/mol. The van der Waals surface area contributed by atoms with Crippen molar-refractivity contribution >= 4 is 10.9 Å². The van der Waals surface area contributed by atoms with E-state index in [2.05, 4.69) is 24.0 Å². The van der Waals surface area contributed by atoms with Crippen LogP contribution >= 0.6 is 0 Å². The molecule has 0 spiro atoms. The number of fused-ring (bicyclic) bond motifs is 1. The Morgan fingerprint density at radius 2 is 2.00 bits per heavy atom. The second-order valence-electron chi connectivity index (χ2n) is 5.77. The number of hydrogen-bond donors (Lipinski definition) is 0. The maximum atomic E-state index is 5.89. The molecule has 0 aliphatic carbocycles. The topological polar surface area (TPSA) is 49.2 Å². The van der Waals surface area contributed by atoms with Gasteiger partial charge in [-0.3, -0.25) is 0 Å². The Morgan fingerprint density at radius 1 is 1.17 bits per heavy atom. The summed E-state index contributed by atoms with van der Waals surface area (Å²) in [5.41, 5.74) is 3.96. The number of hydrogen-bond acceptors (Lipinski definition) is 4. The minimum absolute atomic E-state index is 0.517. The summed E-state index contributed by atoms with van der Waals surface area (Å²) in [7, 11) is 2.00. The van der Waals surface area contributed by atoms with Gasteiger partial charge in [-0.1, -0.05) is 12.1 Å². The molecule has 5 nitrogen and oxygen atoms in total. The van der Waals surface area contributed by atoms with Crippen molar-refractivity contribution in [3.05, 3.63) is 41.9 Å². The van der Waals surface area contributed by atoms with E-state index in [1.807, 2.05) is 43.8 Å². The smallest absolute Gasteiger partial charge is 0.145 e. The molecule has 0 saturated carbocycles. The van der Waals surface area contributed by atoms with E-state index in [4.69, 9.17) is 14.5 Å². The SMILES string of the molecule is CCOCCOc1cccc2c(C)cc(-c3cnc(C)n3C)nc12. The Bertz CT molecular complexity index is 855. The lowest BCUT2D eigenvalue weighted by molar-refractivity contribution is 0.110. The highest BCUT2D eigenvalue weighted by atomic mass is 16.5. The van der Waals surface area contributed by atoms with Gasteiger partial charge in [0.1, 0.15) is 23.7 Å². The van der Waals surface area contributed by atoms with Crippen molar-refractivity contribution in [1.82, 2.24) is 14.5 Å². The van der Waals surface area contributed by atoms with Crippen LogP contribution in [0.25, 0.3) is 22.3 Å². The van der Waals surface area contributed by atoms with Crippen LogP contribution < -0.4 is 4.74 Å². The van der Waals surface area contributed by atoms with Crippen LogP contribution in [0.3, 0.4) is 0 Å². The average molecular weight is 325 g/mol. The number of aryl methyl sites for hydroxylation is 2. The summed E-state index contributed by atoms with van der Waals surface area (Å²) in [6.45, 7) is 7.85. The first-order valence-electron chi connectivity index (χ1n) is 8.21. The van der Waals surface area contributed by atoms with E-state index in [9.17, 15) is 0 Å². The summed E-state index contributed by atoms with van der Waals surface area (Å²) in [6, 6.07) is 8.13. The lowest BCUT2D eigenvalue weighted by Gasteiger charge is -2.12. The minimum atomic E-state index is 0.517. The molecule has 2 aromatic heterocycles. The maximum absolute atomic E-state index is 5.89. The predicted octanol–water partition coefficient (Wildman–Crippen LogP) is 3.67. The van der Waals surface area contributed by atoms with Gasteiger partial charge < -0.3 is 14.0 Å². The predicted molar refractivity (Wildman–Crippen MR) is 95.4 cm³/mol. The summed E-state index contributed by atoms with van der Waals surface area (Å²) >= 11 is 0. The van der Waals surface area contributed by atoms with Crippen molar-refractivity contribution in [3.63, 3.8) is 0 Å². The lowest BCUT2D eigenvalue weighted by atomic mass is 10.1. The summed E-state index contributed by atoms with van der Waals surface area (Å²) < 4.78 is 13.3. The van der Waals surface area contributed by atoms with E-state index in [0.29, 0.717) is 19.8 Å². The molecule has 0 bridgehead atoms. The van der Waals surface area contributed by atoms with Crippen LogP contribution in [0.1, 0.15) is 18.3 Å². The van der Waals surface area contributed by atoms with Gasteiger partial charge in [0.25, 0.3) is 0 Å². The third kappa shape index (κ3) is 3.12. The molecule has 1 aromatic carbocycles. The minimum Gasteiger partial charge on any atom is -0.489 e. The van der Waals surface area contributed by atoms with E-state index in [1.165, 1.54) is 5.56 Å². The summed E-state index contributed by atoms with van der Waals surface area (Å²) in [4.78, 5) is 9.22. The number of nitrogens with zero attached hydrogens (tertiary/aromatic N) is 3. The molecule has 0 radical (unpaired) electrons. The van der Waals surface area contributed by atoms with Crippen LogP contribution in [0.5, 0.6) is 5.75 Å². The van der Waals surface area contributed by atoms with Crippen LogP contribution in [0, 0.1) is 13.8 Å². The molecular formula is C19H23N3O2. The molecule has 3 aromatic rings. The van der Waals surface area contributed by atoms with Gasteiger partial charge in [-0.15, -0.1) is 0 Å². The molecule has 5 heteroatoms. The fourth-order valence-corrected chi connectivity index (χ4v) is 2.73. The molecular weight excluding hydrogens is 302 g/mol. The van der Waals surface area contributed by atoms with Crippen molar-refractivity contribution < 1.29 is 9.47 Å². The van der Waals surface area contributed by atoms with Crippen LogP contribution in [-0.2, 0) is 11.8 Å². The molecule has 0 fully saturated rings. The van der Waals surface area contributed by atoms with E-state index in [0.717, 1.165) is 33.9 Å². The van der Waals surface area contributed by atoms with Crippen molar-refractivity contribution in [2.24, 2.45) is 7.05 Å². The first-order chi connectivity index (χ1) is 11.6. The Hall–Kier alpha value is -2.40. The molecule has 0 unspecified atom stereocenters. The molecule has 3 rings (SSSR count). The molecule has 0 amide bonds. The third-order valence-corrected chi connectivity index (χ3v) is 4.18. The van der Waals surface area contributed by atoms with Gasteiger partial charge in [-0.05, 0) is 38.5 Å². The highest BCUT2D eigenvalue weighted by Gasteiger charge is 2.12. The largest absolute Gasteiger partial charge is 0.489 e.